The summed E-state index contributed by atoms with van der Waals surface area (Å²) in [5, 5.41) is 7.27. The third kappa shape index (κ3) is 6.27. The standard InChI is InChI=1S/C24H35F3N4O4/c1-8-15(11-14-9-10-28-18(14)32)29-19(33)17-23(6,7)13(2)12-31(17)20(34)16(22(3,4)5)30-21(35)24(25,26)27/h1,13-17H,9-12H2,2-7H3,(H,28,32)(H,29,33)(H,30,35)/t13?,14-,15+,16?,17+/m0/s1. The molecule has 0 spiro atoms. The van der Waals surface area contributed by atoms with Crippen molar-refractivity contribution in [2.24, 2.45) is 22.7 Å². The molecule has 3 N–H and O–H groups in total. The molecule has 2 aliphatic heterocycles. The predicted molar refractivity (Wildman–Crippen MR) is 122 cm³/mol. The van der Waals surface area contributed by atoms with Crippen molar-refractivity contribution in [2.75, 3.05) is 13.1 Å². The minimum atomic E-state index is -5.16. The fourth-order valence-electron chi connectivity index (χ4n) is 4.60. The van der Waals surface area contributed by atoms with Crippen molar-refractivity contribution in [3.63, 3.8) is 0 Å². The van der Waals surface area contributed by atoms with E-state index >= 15 is 0 Å². The van der Waals surface area contributed by atoms with Crippen LogP contribution in [0, 0.1) is 35.0 Å². The van der Waals surface area contributed by atoms with Gasteiger partial charge in [-0.1, -0.05) is 47.5 Å². The summed E-state index contributed by atoms with van der Waals surface area (Å²) < 4.78 is 38.9. The SMILES string of the molecule is C#C[C@H](C[C@@H]1CCNC1=O)NC(=O)[C@H]1N(C(=O)C(NC(=O)C(F)(F)F)C(C)(C)C)CC(C)C1(C)C. The van der Waals surface area contributed by atoms with E-state index in [0.29, 0.717) is 13.0 Å². The molecule has 0 aliphatic carbocycles. The molecule has 0 aromatic rings. The van der Waals surface area contributed by atoms with Crippen LogP contribution in [0.5, 0.6) is 0 Å². The van der Waals surface area contributed by atoms with Crippen molar-refractivity contribution in [2.45, 2.75) is 78.7 Å². The molecule has 0 radical (unpaired) electrons. The maximum atomic E-state index is 13.6. The third-order valence-corrected chi connectivity index (χ3v) is 7.14. The fourth-order valence-corrected chi connectivity index (χ4v) is 4.60. The Balaban J connectivity index is 2.31. The number of nitrogens with zero attached hydrogens (tertiary/aromatic N) is 1. The Labute approximate surface area is 204 Å². The Morgan fingerprint density at radius 2 is 1.83 bits per heavy atom. The van der Waals surface area contributed by atoms with Crippen LogP contribution in [0.1, 0.15) is 54.4 Å². The number of hydrogen-bond donors (Lipinski definition) is 3. The zero-order chi connectivity index (χ0) is 26.9. The molecule has 8 nitrogen and oxygen atoms in total. The molecule has 2 rings (SSSR count). The average molecular weight is 501 g/mol. The van der Waals surface area contributed by atoms with Gasteiger partial charge in [-0.3, -0.25) is 19.2 Å². The lowest BCUT2D eigenvalue weighted by Crippen LogP contribution is -2.61. The van der Waals surface area contributed by atoms with Crippen LogP contribution in [0.25, 0.3) is 0 Å². The summed E-state index contributed by atoms with van der Waals surface area (Å²) in [6.45, 7) is 10.7. The minimum absolute atomic E-state index is 0.115. The van der Waals surface area contributed by atoms with Crippen LogP contribution in [0.3, 0.4) is 0 Å². The van der Waals surface area contributed by atoms with Gasteiger partial charge in [-0.25, -0.2) is 0 Å². The van der Waals surface area contributed by atoms with Gasteiger partial charge in [0.25, 0.3) is 0 Å². The van der Waals surface area contributed by atoms with Crippen molar-refractivity contribution in [1.82, 2.24) is 20.9 Å². The average Bonchev–Trinajstić information content (AvgIpc) is 3.22. The predicted octanol–water partition coefficient (Wildman–Crippen LogP) is 1.60. The van der Waals surface area contributed by atoms with Crippen molar-refractivity contribution >= 4 is 23.6 Å². The Bertz CT molecular complexity index is 904. The summed E-state index contributed by atoms with van der Waals surface area (Å²) >= 11 is 0. The molecule has 2 saturated heterocycles. The molecular weight excluding hydrogens is 465 g/mol. The third-order valence-electron chi connectivity index (χ3n) is 7.14. The number of carbonyl (C=O) groups is 4. The van der Waals surface area contributed by atoms with Gasteiger partial charge in [0.2, 0.25) is 17.7 Å². The van der Waals surface area contributed by atoms with Crippen molar-refractivity contribution in [1.29, 1.82) is 0 Å². The van der Waals surface area contributed by atoms with Gasteiger partial charge < -0.3 is 20.9 Å². The highest BCUT2D eigenvalue weighted by atomic mass is 19.4. The Kier molecular flexibility index (Phi) is 8.19. The highest BCUT2D eigenvalue weighted by Gasteiger charge is 2.54. The second kappa shape index (κ2) is 10.1. The second-order valence-corrected chi connectivity index (χ2v) is 11.1. The van der Waals surface area contributed by atoms with Crippen molar-refractivity contribution < 1.29 is 32.3 Å². The highest BCUT2D eigenvalue weighted by molar-refractivity contribution is 5.94. The lowest BCUT2D eigenvalue weighted by Gasteiger charge is -2.38. The van der Waals surface area contributed by atoms with E-state index in [1.807, 2.05) is 12.2 Å². The molecule has 0 bridgehead atoms. The van der Waals surface area contributed by atoms with Crippen LogP contribution < -0.4 is 16.0 Å². The Morgan fingerprint density at radius 3 is 2.29 bits per heavy atom. The Morgan fingerprint density at radius 1 is 1.23 bits per heavy atom. The number of rotatable bonds is 6. The van der Waals surface area contributed by atoms with Crippen LogP contribution in [-0.4, -0.2) is 65.9 Å². The number of carbonyl (C=O) groups excluding carboxylic acids is 4. The topological polar surface area (TPSA) is 108 Å². The number of likely N-dealkylation sites (tertiary alicyclic amines) is 1. The molecule has 11 heteroatoms. The first-order valence-electron chi connectivity index (χ1n) is 11.6. The van der Waals surface area contributed by atoms with E-state index in [0.717, 1.165) is 0 Å². The number of nitrogens with one attached hydrogen (secondary N) is 3. The first-order chi connectivity index (χ1) is 15.9. The molecule has 2 heterocycles. The number of amides is 4. The molecule has 2 unspecified atom stereocenters. The van der Waals surface area contributed by atoms with Crippen LogP contribution in [0.15, 0.2) is 0 Å². The number of halogens is 3. The molecule has 2 fully saturated rings. The highest BCUT2D eigenvalue weighted by Crippen LogP contribution is 2.42. The summed E-state index contributed by atoms with van der Waals surface area (Å²) in [6.07, 6.45) is 1.27. The van der Waals surface area contributed by atoms with E-state index in [1.165, 1.54) is 25.7 Å². The molecule has 0 aromatic heterocycles. The van der Waals surface area contributed by atoms with Crippen molar-refractivity contribution in [3.8, 4) is 12.3 Å². The first kappa shape index (κ1) is 28.5. The fraction of sp³-hybridized carbons (Fsp3) is 0.750. The zero-order valence-electron chi connectivity index (χ0n) is 21.0. The maximum Gasteiger partial charge on any atom is 0.471 e. The monoisotopic (exact) mass is 500 g/mol. The first-order valence-corrected chi connectivity index (χ1v) is 11.6. The summed E-state index contributed by atoms with van der Waals surface area (Å²) in [7, 11) is 0. The summed E-state index contributed by atoms with van der Waals surface area (Å²) in [4.78, 5) is 51.8. The molecule has 4 amide bonds. The molecule has 35 heavy (non-hydrogen) atoms. The lowest BCUT2D eigenvalue weighted by molar-refractivity contribution is -0.176. The van der Waals surface area contributed by atoms with Gasteiger partial charge in [0.05, 0.1) is 6.04 Å². The van der Waals surface area contributed by atoms with E-state index in [9.17, 15) is 32.3 Å². The van der Waals surface area contributed by atoms with E-state index < -0.39 is 52.9 Å². The van der Waals surface area contributed by atoms with Gasteiger partial charge in [-0.05, 0) is 29.6 Å². The quantitative estimate of drug-likeness (QED) is 0.482. The number of hydrogen-bond acceptors (Lipinski definition) is 4. The van der Waals surface area contributed by atoms with Gasteiger partial charge >= 0.3 is 12.1 Å². The lowest BCUT2D eigenvalue weighted by atomic mass is 9.77. The van der Waals surface area contributed by atoms with Crippen LogP contribution in [0.4, 0.5) is 13.2 Å². The summed E-state index contributed by atoms with van der Waals surface area (Å²) in [6, 6.07) is -3.31. The number of terminal acetylenes is 1. The maximum absolute atomic E-state index is 13.6. The number of alkyl halides is 3. The van der Waals surface area contributed by atoms with Crippen LogP contribution in [-0.2, 0) is 19.2 Å². The van der Waals surface area contributed by atoms with Crippen molar-refractivity contribution in [3.05, 3.63) is 0 Å². The van der Waals surface area contributed by atoms with E-state index in [4.69, 9.17) is 6.42 Å². The van der Waals surface area contributed by atoms with Gasteiger partial charge in [-0.15, -0.1) is 6.42 Å². The largest absolute Gasteiger partial charge is 0.471 e. The van der Waals surface area contributed by atoms with E-state index in [-0.39, 0.29) is 30.7 Å². The molecular formula is C24H35F3N4O4. The zero-order valence-corrected chi connectivity index (χ0v) is 21.0. The smallest absolute Gasteiger partial charge is 0.356 e. The second-order valence-electron chi connectivity index (χ2n) is 11.1. The van der Waals surface area contributed by atoms with Gasteiger partial charge in [0.15, 0.2) is 0 Å². The summed E-state index contributed by atoms with van der Waals surface area (Å²) in [5.74, 6) is -1.73. The van der Waals surface area contributed by atoms with E-state index in [2.05, 4.69) is 16.6 Å². The van der Waals surface area contributed by atoms with Gasteiger partial charge in [0, 0.05) is 19.0 Å². The molecule has 0 aromatic carbocycles. The van der Waals surface area contributed by atoms with Gasteiger partial charge in [-0.2, -0.15) is 13.2 Å². The van der Waals surface area contributed by atoms with Crippen LogP contribution in [0.2, 0.25) is 0 Å². The molecule has 196 valence electrons. The molecule has 5 atom stereocenters. The van der Waals surface area contributed by atoms with E-state index in [1.54, 1.807) is 13.8 Å². The van der Waals surface area contributed by atoms with Gasteiger partial charge in [0.1, 0.15) is 12.1 Å². The Hall–Kier alpha value is -2.77. The van der Waals surface area contributed by atoms with Crippen LogP contribution >= 0.6 is 0 Å². The molecule has 0 saturated carbocycles. The minimum Gasteiger partial charge on any atom is -0.356 e. The summed E-state index contributed by atoms with van der Waals surface area (Å²) in [5.41, 5.74) is -1.80. The molecule has 2 aliphatic rings. The normalized spacial score (nSPS) is 25.9.